The lowest BCUT2D eigenvalue weighted by Crippen LogP contribution is -2.46. The van der Waals surface area contributed by atoms with Gasteiger partial charge in [-0.1, -0.05) is 61.2 Å². The highest BCUT2D eigenvalue weighted by molar-refractivity contribution is 7.89. The summed E-state index contributed by atoms with van der Waals surface area (Å²) < 4.78 is 54.8. The molecule has 0 radical (unpaired) electrons. The fourth-order valence-electron chi connectivity index (χ4n) is 6.10. The number of para-hydroxylation sites is 1. The van der Waals surface area contributed by atoms with Crippen LogP contribution < -0.4 is 10.2 Å². The van der Waals surface area contributed by atoms with Crippen LogP contribution in [0.4, 0.5) is 11.4 Å². The maximum Gasteiger partial charge on any atom is 0.361 e. The van der Waals surface area contributed by atoms with E-state index in [1.807, 2.05) is 36.4 Å². The predicted molar refractivity (Wildman–Crippen MR) is 166 cm³/mol. The number of nitrogens with zero attached hydrogens (tertiary/aromatic N) is 2. The van der Waals surface area contributed by atoms with Gasteiger partial charge < -0.3 is 13.9 Å². The average molecular weight is 617 g/mol. The van der Waals surface area contributed by atoms with Gasteiger partial charge in [0.1, 0.15) is 4.90 Å². The summed E-state index contributed by atoms with van der Waals surface area (Å²) in [6.07, 6.45) is 5.46. The SMILES string of the molecule is CCOP(=O)(OCC)c1cccc(-c2cc3c(cc2Cl)N(c2ccccc2)C[C@@H](C2CCCCC2)N(C)S3(=O)=O)c1. The van der Waals surface area contributed by atoms with E-state index in [4.69, 9.17) is 20.6 Å². The van der Waals surface area contributed by atoms with Crippen LogP contribution in [0.2, 0.25) is 5.02 Å². The summed E-state index contributed by atoms with van der Waals surface area (Å²) in [5.41, 5.74) is 2.64. The molecule has 2 aliphatic rings. The highest BCUT2D eigenvalue weighted by Crippen LogP contribution is 2.48. The van der Waals surface area contributed by atoms with E-state index in [1.54, 1.807) is 55.5 Å². The molecule has 1 aliphatic heterocycles. The Hall–Kier alpha value is -2.19. The van der Waals surface area contributed by atoms with Gasteiger partial charge in [0.05, 0.1) is 29.2 Å². The third kappa shape index (κ3) is 6.01. The van der Waals surface area contributed by atoms with Crippen molar-refractivity contribution < 1.29 is 22.0 Å². The molecule has 0 unspecified atom stereocenters. The zero-order valence-electron chi connectivity index (χ0n) is 23.8. The Morgan fingerprint density at radius 1 is 0.927 bits per heavy atom. The summed E-state index contributed by atoms with van der Waals surface area (Å²) in [6, 6.07) is 20.1. The normalized spacial score (nSPS) is 20.0. The first kappa shape index (κ1) is 30.3. The fraction of sp³-hybridized carbons (Fsp3) is 0.419. The Bertz CT molecular complexity index is 1520. The number of fused-ring (bicyclic) bond motifs is 1. The third-order valence-corrected chi connectivity index (χ3v) is 12.5. The topological polar surface area (TPSA) is 76.2 Å². The predicted octanol–water partition coefficient (Wildman–Crippen LogP) is 7.62. The van der Waals surface area contributed by atoms with Crippen molar-refractivity contribution in [3.63, 3.8) is 0 Å². The molecule has 10 heteroatoms. The number of likely N-dealkylation sites (N-methyl/N-ethyl adjacent to an activating group) is 1. The molecule has 0 amide bonds. The van der Waals surface area contributed by atoms with E-state index in [0.717, 1.165) is 31.4 Å². The highest BCUT2D eigenvalue weighted by atomic mass is 35.5. The molecule has 0 spiro atoms. The lowest BCUT2D eigenvalue weighted by molar-refractivity contribution is 0.218. The van der Waals surface area contributed by atoms with Crippen molar-refractivity contribution in [1.29, 1.82) is 0 Å². The second-order valence-corrected chi connectivity index (χ2v) is 15.0. The monoisotopic (exact) mass is 616 g/mol. The number of anilines is 2. The van der Waals surface area contributed by atoms with Gasteiger partial charge in [-0.3, -0.25) is 4.57 Å². The van der Waals surface area contributed by atoms with Crippen LogP contribution in [-0.4, -0.2) is 45.6 Å². The van der Waals surface area contributed by atoms with Gasteiger partial charge >= 0.3 is 7.60 Å². The molecule has 1 atom stereocenters. The van der Waals surface area contributed by atoms with E-state index in [2.05, 4.69) is 4.90 Å². The van der Waals surface area contributed by atoms with Crippen LogP contribution in [0.3, 0.4) is 0 Å². The first-order chi connectivity index (χ1) is 19.7. The first-order valence-electron chi connectivity index (χ1n) is 14.3. The molecule has 0 bridgehead atoms. The average Bonchev–Trinajstić information content (AvgIpc) is 3.06. The Balaban J connectivity index is 1.67. The van der Waals surface area contributed by atoms with E-state index in [-0.39, 0.29) is 30.1 Å². The van der Waals surface area contributed by atoms with Crippen LogP contribution in [0, 0.1) is 5.92 Å². The maximum atomic E-state index is 14.3. The molecule has 1 aliphatic carbocycles. The van der Waals surface area contributed by atoms with Gasteiger partial charge in [0.2, 0.25) is 10.0 Å². The van der Waals surface area contributed by atoms with Crippen molar-refractivity contribution in [3.8, 4) is 11.1 Å². The zero-order valence-corrected chi connectivity index (χ0v) is 26.3. The number of halogens is 1. The summed E-state index contributed by atoms with van der Waals surface area (Å²) in [5.74, 6) is 0.280. The molecule has 0 saturated heterocycles. The van der Waals surface area contributed by atoms with Crippen molar-refractivity contribution in [2.75, 3.05) is 31.7 Å². The summed E-state index contributed by atoms with van der Waals surface area (Å²) in [4.78, 5) is 2.30. The number of sulfonamides is 1. The molecule has 3 aromatic carbocycles. The van der Waals surface area contributed by atoms with Crippen LogP contribution in [0.5, 0.6) is 0 Å². The van der Waals surface area contributed by atoms with E-state index in [0.29, 0.717) is 33.7 Å². The number of hydrogen-bond donors (Lipinski definition) is 0. The first-order valence-corrected chi connectivity index (χ1v) is 17.7. The van der Waals surface area contributed by atoms with E-state index in [9.17, 15) is 13.0 Å². The van der Waals surface area contributed by atoms with Gasteiger partial charge in [0, 0.05) is 30.9 Å². The lowest BCUT2D eigenvalue weighted by Gasteiger charge is -2.36. The Labute approximate surface area is 249 Å². The molecule has 0 N–H and O–H groups in total. The van der Waals surface area contributed by atoms with Crippen molar-refractivity contribution in [3.05, 3.63) is 71.8 Å². The molecule has 1 saturated carbocycles. The quantitative estimate of drug-likeness (QED) is 0.242. The van der Waals surface area contributed by atoms with E-state index in [1.165, 1.54) is 6.42 Å². The van der Waals surface area contributed by atoms with Crippen molar-refractivity contribution in [2.24, 2.45) is 5.92 Å². The minimum absolute atomic E-state index is 0.179. The molecular formula is C31H38ClN2O5PS. The second-order valence-electron chi connectivity index (χ2n) is 10.6. The minimum Gasteiger partial charge on any atom is -0.339 e. The molecule has 1 heterocycles. The highest BCUT2D eigenvalue weighted by Gasteiger charge is 2.41. The molecule has 7 nitrogen and oxygen atoms in total. The standard InChI is InChI=1S/C31H38ClN2O5PS/c1-4-38-40(35,39-5-2)26-18-12-15-24(19-26)27-20-31-29(21-28(27)32)34(25-16-10-7-11-17-25)22-30(33(3)41(31,36)37)23-13-8-6-9-14-23/h7,10-12,15-21,23,30H,4-6,8-9,13-14,22H2,1-3H3/t30-/m0/s1. The van der Waals surface area contributed by atoms with Crippen LogP contribution in [0.1, 0.15) is 46.0 Å². The summed E-state index contributed by atoms with van der Waals surface area (Å²) >= 11 is 6.94. The van der Waals surface area contributed by atoms with Gasteiger partial charge in [-0.25, -0.2) is 8.42 Å². The van der Waals surface area contributed by atoms with Gasteiger partial charge in [0.25, 0.3) is 0 Å². The molecule has 1 fully saturated rings. The summed E-state index contributed by atoms with van der Waals surface area (Å²) in [6.45, 7) is 4.51. The summed E-state index contributed by atoms with van der Waals surface area (Å²) in [7, 11) is -5.71. The molecular weight excluding hydrogens is 579 g/mol. The molecule has 220 valence electrons. The minimum atomic E-state index is -3.87. The van der Waals surface area contributed by atoms with Crippen LogP contribution in [0.25, 0.3) is 11.1 Å². The Kier molecular flexibility index (Phi) is 9.29. The molecule has 3 aromatic rings. The van der Waals surface area contributed by atoms with Crippen LogP contribution in [-0.2, 0) is 23.6 Å². The molecule has 0 aromatic heterocycles. The number of benzene rings is 3. The lowest BCUT2D eigenvalue weighted by atomic mass is 9.83. The fourth-order valence-corrected chi connectivity index (χ4v) is 9.59. The van der Waals surface area contributed by atoms with Crippen molar-refractivity contribution in [2.45, 2.75) is 56.9 Å². The summed E-state index contributed by atoms with van der Waals surface area (Å²) in [5, 5.41) is 0.798. The molecule has 5 rings (SSSR count). The second kappa shape index (κ2) is 12.6. The number of hydrogen-bond acceptors (Lipinski definition) is 6. The van der Waals surface area contributed by atoms with Gasteiger partial charge in [-0.05, 0) is 74.6 Å². The van der Waals surface area contributed by atoms with Gasteiger partial charge in [0.15, 0.2) is 0 Å². The van der Waals surface area contributed by atoms with Crippen molar-refractivity contribution >= 4 is 45.9 Å². The van der Waals surface area contributed by atoms with E-state index < -0.39 is 17.6 Å². The third-order valence-electron chi connectivity index (χ3n) is 8.17. The van der Waals surface area contributed by atoms with Gasteiger partial charge in [-0.15, -0.1) is 0 Å². The van der Waals surface area contributed by atoms with Crippen molar-refractivity contribution in [1.82, 2.24) is 4.31 Å². The van der Waals surface area contributed by atoms with E-state index >= 15 is 0 Å². The maximum absolute atomic E-state index is 14.3. The zero-order chi connectivity index (χ0) is 29.2. The molecule has 41 heavy (non-hydrogen) atoms. The Morgan fingerprint density at radius 2 is 1.61 bits per heavy atom. The largest absolute Gasteiger partial charge is 0.361 e. The smallest absolute Gasteiger partial charge is 0.339 e. The van der Waals surface area contributed by atoms with Crippen LogP contribution >= 0.6 is 19.2 Å². The Morgan fingerprint density at radius 3 is 2.27 bits per heavy atom. The van der Waals surface area contributed by atoms with Crippen LogP contribution in [0.15, 0.2) is 71.6 Å². The van der Waals surface area contributed by atoms with Gasteiger partial charge in [-0.2, -0.15) is 4.31 Å². The number of rotatable bonds is 8.